The van der Waals surface area contributed by atoms with Crippen molar-refractivity contribution in [3.8, 4) is 0 Å². The van der Waals surface area contributed by atoms with Crippen LogP contribution in [0.15, 0.2) is 35.3 Å². The van der Waals surface area contributed by atoms with E-state index in [-0.39, 0.29) is 5.56 Å². The van der Waals surface area contributed by atoms with Crippen molar-refractivity contribution >= 4 is 22.4 Å². The number of hydrogen-bond acceptors (Lipinski definition) is 3. The smallest absolute Gasteiger partial charge is 0.261 e. The summed E-state index contributed by atoms with van der Waals surface area (Å²) in [6.45, 7) is 4.11. The highest BCUT2D eigenvalue weighted by Gasteiger charge is 2.09. The lowest BCUT2D eigenvalue weighted by atomic mass is 10.1. The Morgan fingerprint density at radius 2 is 2.00 bits per heavy atom. The summed E-state index contributed by atoms with van der Waals surface area (Å²) in [4.78, 5) is 14.5. The lowest BCUT2D eigenvalue weighted by Crippen LogP contribution is -2.05. The highest BCUT2D eigenvalue weighted by molar-refractivity contribution is 5.90. The first-order valence-electron chi connectivity index (χ1n) is 6.05. The van der Waals surface area contributed by atoms with Crippen molar-refractivity contribution in [3.63, 3.8) is 0 Å². The van der Waals surface area contributed by atoms with Gasteiger partial charge in [0.25, 0.3) is 5.56 Å². The third kappa shape index (κ3) is 1.99. The molecule has 0 bridgehead atoms. The standard InChI is InChI=1S/C14H14N4O/c1-8-3-4-10(7-9(8)2)16-13-12-11(17-18-13)5-6-15-14(12)19/h3-7H,1-2H3,(H,15,19)(H2,16,17,18). The van der Waals surface area contributed by atoms with E-state index in [4.69, 9.17) is 0 Å². The Kier molecular flexibility index (Phi) is 2.59. The van der Waals surface area contributed by atoms with Crippen LogP contribution in [0.3, 0.4) is 0 Å². The number of aryl methyl sites for hydroxylation is 2. The second kappa shape index (κ2) is 4.28. The van der Waals surface area contributed by atoms with E-state index in [1.165, 1.54) is 11.1 Å². The summed E-state index contributed by atoms with van der Waals surface area (Å²) in [5.74, 6) is 0.542. The molecule has 2 aromatic heterocycles. The van der Waals surface area contributed by atoms with Gasteiger partial charge >= 0.3 is 0 Å². The number of benzene rings is 1. The fourth-order valence-electron chi connectivity index (χ4n) is 2.03. The minimum atomic E-state index is -0.155. The number of aromatic nitrogens is 3. The largest absolute Gasteiger partial charge is 0.338 e. The molecule has 3 N–H and O–H groups in total. The highest BCUT2D eigenvalue weighted by atomic mass is 16.1. The minimum absolute atomic E-state index is 0.155. The molecule has 3 aromatic rings. The van der Waals surface area contributed by atoms with Crippen LogP contribution >= 0.6 is 0 Å². The number of rotatable bonds is 2. The van der Waals surface area contributed by atoms with E-state index in [0.29, 0.717) is 11.2 Å². The number of H-pyrrole nitrogens is 2. The maximum absolute atomic E-state index is 11.8. The second-order valence-electron chi connectivity index (χ2n) is 4.59. The fourth-order valence-corrected chi connectivity index (χ4v) is 2.03. The molecule has 0 aliphatic heterocycles. The highest BCUT2D eigenvalue weighted by Crippen LogP contribution is 2.22. The van der Waals surface area contributed by atoms with Crippen LogP contribution in [0.5, 0.6) is 0 Å². The van der Waals surface area contributed by atoms with Gasteiger partial charge in [-0.25, -0.2) is 0 Å². The van der Waals surface area contributed by atoms with Crippen molar-refractivity contribution in [1.82, 2.24) is 15.2 Å². The van der Waals surface area contributed by atoms with Gasteiger partial charge in [0.1, 0.15) is 5.39 Å². The van der Waals surface area contributed by atoms with Crippen molar-refractivity contribution in [1.29, 1.82) is 0 Å². The Balaban J connectivity index is 2.06. The number of pyridine rings is 1. The van der Waals surface area contributed by atoms with Gasteiger partial charge in [0.15, 0.2) is 5.82 Å². The maximum atomic E-state index is 11.8. The molecule has 19 heavy (non-hydrogen) atoms. The molecular weight excluding hydrogens is 240 g/mol. The van der Waals surface area contributed by atoms with E-state index in [2.05, 4.69) is 34.3 Å². The lowest BCUT2D eigenvalue weighted by Gasteiger charge is -2.06. The number of anilines is 2. The molecule has 96 valence electrons. The van der Waals surface area contributed by atoms with Crippen LogP contribution in [0.4, 0.5) is 11.5 Å². The number of aromatic amines is 2. The zero-order valence-electron chi connectivity index (χ0n) is 10.7. The van der Waals surface area contributed by atoms with Gasteiger partial charge < -0.3 is 10.3 Å². The molecule has 0 amide bonds. The van der Waals surface area contributed by atoms with Crippen molar-refractivity contribution < 1.29 is 0 Å². The van der Waals surface area contributed by atoms with Gasteiger partial charge in [0, 0.05) is 11.9 Å². The zero-order chi connectivity index (χ0) is 13.4. The van der Waals surface area contributed by atoms with Gasteiger partial charge in [0.05, 0.1) is 5.52 Å². The topological polar surface area (TPSA) is 73.6 Å². The second-order valence-corrected chi connectivity index (χ2v) is 4.59. The predicted octanol–water partition coefficient (Wildman–Crippen LogP) is 2.61. The molecule has 0 atom stereocenters. The van der Waals surface area contributed by atoms with Crippen LogP contribution in [0, 0.1) is 13.8 Å². The average molecular weight is 254 g/mol. The van der Waals surface area contributed by atoms with Crippen LogP contribution in [-0.4, -0.2) is 15.2 Å². The van der Waals surface area contributed by atoms with Gasteiger partial charge in [0.2, 0.25) is 0 Å². The number of nitrogens with one attached hydrogen (secondary N) is 3. The first-order valence-corrected chi connectivity index (χ1v) is 6.05. The molecular formula is C14H14N4O. The molecule has 3 rings (SSSR count). The molecule has 0 radical (unpaired) electrons. The van der Waals surface area contributed by atoms with E-state index < -0.39 is 0 Å². The van der Waals surface area contributed by atoms with Gasteiger partial charge in [-0.05, 0) is 43.2 Å². The fraction of sp³-hybridized carbons (Fsp3) is 0.143. The summed E-state index contributed by atoms with van der Waals surface area (Å²) in [7, 11) is 0. The quantitative estimate of drug-likeness (QED) is 0.658. The molecule has 0 aliphatic rings. The maximum Gasteiger partial charge on any atom is 0.261 e. The Hall–Kier alpha value is -2.56. The van der Waals surface area contributed by atoms with Gasteiger partial charge in [-0.1, -0.05) is 6.07 Å². The number of nitrogens with zero attached hydrogens (tertiary/aromatic N) is 1. The normalized spacial score (nSPS) is 10.8. The first kappa shape index (κ1) is 11.5. The monoisotopic (exact) mass is 254 g/mol. The van der Waals surface area contributed by atoms with Crippen LogP contribution in [0.25, 0.3) is 10.9 Å². The van der Waals surface area contributed by atoms with E-state index in [1.807, 2.05) is 18.2 Å². The third-order valence-electron chi connectivity index (χ3n) is 3.26. The molecule has 0 saturated carbocycles. The van der Waals surface area contributed by atoms with E-state index in [9.17, 15) is 4.79 Å². The molecule has 5 heteroatoms. The summed E-state index contributed by atoms with van der Waals surface area (Å²) in [5, 5.41) is 10.7. The summed E-state index contributed by atoms with van der Waals surface area (Å²) >= 11 is 0. The molecule has 0 saturated heterocycles. The number of fused-ring (bicyclic) bond motifs is 1. The molecule has 0 aliphatic carbocycles. The van der Waals surface area contributed by atoms with Gasteiger partial charge in [-0.15, -0.1) is 0 Å². The molecule has 0 fully saturated rings. The van der Waals surface area contributed by atoms with Crippen LogP contribution in [0.1, 0.15) is 11.1 Å². The Morgan fingerprint density at radius 3 is 2.79 bits per heavy atom. The van der Waals surface area contributed by atoms with Crippen LogP contribution in [0.2, 0.25) is 0 Å². The van der Waals surface area contributed by atoms with Crippen molar-refractivity contribution in [3.05, 3.63) is 51.9 Å². The average Bonchev–Trinajstić information content (AvgIpc) is 2.79. The molecule has 1 aromatic carbocycles. The van der Waals surface area contributed by atoms with Crippen LogP contribution in [-0.2, 0) is 0 Å². The SMILES string of the molecule is Cc1ccc(Nc2n[nH]c3cc[nH]c(=O)c23)cc1C. The third-order valence-corrected chi connectivity index (χ3v) is 3.26. The van der Waals surface area contributed by atoms with E-state index in [0.717, 1.165) is 11.2 Å². The van der Waals surface area contributed by atoms with Crippen molar-refractivity contribution in [2.24, 2.45) is 0 Å². The van der Waals surface area contributed by atoms with E-state index in [1.54, 1.807) is 12.3 Å². The predicted molar refractivity (Wildman–Crippen MR) is 75.9 cm³/mol. The summed E-state index contributed by atoms with van der Waals surface area (Å²) in [5.41, 5.74) is 3.90. The molecule has 5 nitrogen and oxygen atoms in total. The van der Waals surface area contributed by atoms with Gasteiger partial charge in [-0.2, -0.15) is 5.10 Å². The lowest BCUT2D eigenvalue weighted by molar-refractivity contribution is 1.12. The van der Waals surface area contributed by atoms with Crippen LogP contribution < -0.4 is 10.9 Å². The summed E-state index contributed by atoms with van der Waals surface area (Å²) in [6.07, 6.45) is 1.60. The summed E-state index contributed by atoms with van der Waals surface area (Å²) < 4.78 is 0. The molecule has 2 heterocycles. The summed E-state index contributed by atoms with van der Waals surface area (Å²) in [6, 6.07) is 7.83. The van der Waals surface area contributed by atoms with Crippen molar-refractivity contribution in [2.45, 2.75) is 13.8 Å². The minimum Gasteiger partial charge on any atom is -0.338 e. The Labute approximate surface area is 109 Å². The van der Waals surface area contributed by atoms with Gasteiger partial charge in [-0.3, -0.25) is 9.89 Å². The first-order chi connectivity index (χ1) is 9.15. The Morgan fingerprint density at radius 1 is 1.16 bits per heavy atom. The van der Waals surface area contributed by atoms with Crippen molar-refractivity contribution in [2.75, 3.05) is 5.32 Å². The zero-order valence-corrected chi connectivity index (χ0v) is 10.7. The Bertz CT molecular complexity index is 801. The van der Waals surface area contributed by atoms with E-state index >= 15 is 0 Å². The molecule has 0 unspecified atom stereocenters. The number of hydrogen-bond donors (Lipinski definition) is 3. The molecule has 0 spiro atoms.